The summed E-state index contributed by atoms with van der Waals surface area (Å²) in [6.45, 7) is 2.35. The molecule has 4 aromatic rings. The van der Waals surface area contributed by atoms with Gasteiger partial charge in [0, 0.05) is 23.3 Å². The summed E-state index contributed by atoms with van der Waals surface area (Å²) in [5.74, 6) is -0.294. The highest BCUT2D eigenvalue weighted by Crippen LogP contribution is 2.13. The molecule has 0 unspecified atom stereocenters. The van der Waals surface area contributed by atoms with E-state index < -0.39 is 0 Å². The molecular formula is C20H17ClN6O. The molecule has 0 bridgehead atoms. The molecule has 0 aliphatic rings. The van der Waals surface area contributed by atoms with Gasteiger partial charge in [0.25, 0.3) is 5.91 Å². The van der Waals surface area contributed by atoms with E-state index in [9.17, 15) is 4.79 Å². The Hall–Kier alpha value is -3.45. The molecule has 8 heteroatoms. The normalized spacial score (nSPS) is 10.8. The van der Waals surface area contributed by atoms with Gasteiger partial charge in [0.2, 0.25) is 0 Å². The molecule has 4 rings (SSSR count). The summed E-state index contributed by atoms with van der Waals surface area (Å²) in [5, 5.41) is 15.8. The topological polar surface area (TPSA) is 77.6 Å². The van der Waals surface area contributed by atoms with Crippen LogP contribution in [0.5, 0.6) is 0 Å². The largest absolute Gasteiger partial charge is 0.346 e. The van der Waals surface area contributed by atoms with Crippen LogP contribution in [-0.2, 0) is 6.54 Å². The minimum absolute atomic E-state index is 0.255. The summed E-state index contributed by atoms with van der Waals surface area (Å²) in [6, 6.07) is 15.2. The lowest BCUT2D eigenvalue weighted by Gasteiger charge is -2.02. The van der Waals surface area contributed by atoms with E-state index in [1.54, 1.807) is 33.9 Å². The van der Waals surface area contributed by atoms with Crippen molar-refractivity contribution in [1.82, 2.24) is 30.1 Å². The number of benzene rings is 2. The summed E-state index contributed by atoms with van der Waals surface area (Å²) >= 11 is 5.90. The highest BCUT2D eigenvalue weighted by Gasteiger charge is 2.12. The molecule has 0 radical (unpaired) electrons. The number of hydrogen-bond donors (Lipinski definition) is 1. The monoisotopic (exact) mass is 392 g/mol. The number of carbonyl (C=O) groups is 1. The van der Waals surface area contributed by atoms with E-state index in [2.05, 4.69) is 20.7 Å². The summed E-state index contributed by atoms with van der Waals surface area (Å²) in [6.07, 6.45) is 5.17. The second-order valence-electron chi connectivity index (χ2n) is 6.34. The lowest BCUT2D eigenvalue weighted by Crippen LogP contribution is -2.23. The molecule has 140 valence electrons. The van der Waals surface area contributed by atoms with Gasteiger partial charge < -0.3 is 5.32 Å². The maximum Gasteiger partial charge on any atom is 0.273 e. The van der Waals surface area contributed by atoms with Crippen molar-refractivity contribution in [1.29, 1.82) is 0 Å². The molecule has 0 spiro atoms. The first-order chi connectivity index (χ1) is 13.6. The predicted octanol–water partition coefficient (Wildman–Crippen LogP) is 3.34. The second kappa shape index (κ2) is 7.66. The van der Waals surface area contributed by atoms with Crippen molar-refractivity contribution in [2.75, 3.05) is 0 Å². The SMILES string of the molecule is Cc1ccc(-n2cc(C(=O)NCc3cnn(-c4ccc(Cl)cc4)c3)nn2)cc1. The quantitative estimate of drug-likeness (QED) is 0.565. The van der Waals surface area contributed by atoms with Gasteiger partial charge in [-0.05, 0) is 43.3 Å². The van der Waals surface area contributed by atoms with Crippen LogP contribution < -0.4 is 5.32 Å². The maximum atomic E-state index is 12.4. The van der Waals surface area contributed by atoms with Crippen molar-refractivity contribution in [3.63, 3.8) is 0 Å². The number of halogens is 1. The van der Waals surface area contributed by atoms with Crippen molar-refractivity contribution in [2.45, 2.75) is 13.5 Å². The minimum Gasteiger partial charge on any atom is -0.346 e. The van der Waals surface area contributed by atoms with Gasteiger partial charge in [-0.15, -0.1) is 5.10 Å². The third-order valence-electron chi connectivity index (χ3n) is 4.20. The number of carbonyl (C=O) groups excluding carboxylic acids is 1. The van der Waals surface area contributed by atoms with E-state index in [-0.39, 0.29) is 11.6 Å². The van der Waals surface area contributed by atoms with Gasteiger partial charge in [0.1, 0.15) is 0 Å². The van der Waals surface area contributed by atoms with Gasteiger partial charge in [-0.3, -0.25) is 4.79 Å². The lowest BCUT2D eigenvalue weighted by atomic mass is 10.2. The number of aryl methyl sites for hydroxylation is 1. The fourth-order valence-electron chi connectivity index (χ4n) is 2.65. The highest BCUT2D eigenvalue weighted by atomic mass is 35.5. The van der Waals surface area contributed by atoms with Gasteiger partial charge in [0.05, 0.1) is 23.8 Å². The van der Waals surface area contributed by atoms with Gasteiger partial charge in [-0.2, -0.15) is 5.10 Å². The molecule has 28 heavy (non-hydrogen) atoms. The van der Waals surface area contributed by atoms with Gasteiger partial charge >= 0.3 is 0 Å². The molecule has 2 heterocycles. The number of nitrogens with zero attached hydrogens (tertiary/aromatic N) is 5. The lowest BCUT2D eigenvalue weighted by molar-refractivity contribution is 0.0946. The average Bonchev–Trinajstić information content (AvgIpc) is 3.37. The second-order valence-corrected chi connectivity index (χ2v) is 6.77. The summed E-state index contributed by atoms with van der Waals surface area (Å²) in [4.78, 5) is 12.4. The zero-order chi connectivity index (χ0) is 19.5. The molecule has 0 aliphatic carbocycles. The molecule has 2 aromatic carbocycles. The predicted molar refractivity (Wildman–Crippen MR) is 106 cm³/mol. The smallest absolute Gasteiger partial charge is 0.273 e. The molecule has 2 aromatic heterocycles. The molecule has 1 N–H and O–H groups in total. The zero-order valence-corrected chi connectivity index (χ0v) is 15.8. The summed E-state index contributed by atoms with van der Waals surface area (Å²) in [5.41, 5.74) is 4.02. The molecule has 0 fully saturated rings. The Balaban J connectivity index is 1.40. The van der Waals surface area contributed by atoms with Crippen LogP contribution in [0.3, 0.4) is 0 Å². The molecular weight excluding hydrogens is 376 g/mol. The number of rotatable bonds is 5. The van der Waals surface area contributed by atoms with Crippen molar-refractivity contribution < 1.29 is 4.79 Å². The Kier molecular flexibility index (Phi) is 4.90. The number of amides is 1. The Bertz CT molecular complexity index is 1100. The standard InChI is InChI=1S/C20H17ClN6O/c1-14-2-6-18(7-3-14)27-13-19(24-25-27)20(28)22-10-15-11-23-26(12-15)17-8-4-16(21)5-9-17/h2-9,11-13H,10H2,1H3,(H,22,28). The van der Waals surface area contributed by atoms with Crippen LogP contribution in [0.2, 0.25) is 5.02 Å². The third kappa shape index (κ3) is 3.94. The molecule has 0 aliphatic heterocycles. The van der Waals surface area contributed by atoms with Gasteiger partial charge in [-0.25, -0.2) is 9.36 Å². The van der Waals surface area contributed by atoms with Crippen LogP contribution in [0.25, 0.3) is 11.4 Å². The van der Waals surface area contributed by atoms with Crippen molar-refractivity contribution in [3.8, 4) is 11.4 Å². The first kappa shape index (κ1) is 17.9. The van der Waals surface area contributed by atoms with E-state index in [4.69, 9.17) is 11.6 Å². The van der Waals surface area contributed by atoms with Crippen LogP contribution >= 0.6 is 11.6 Å². The van der Waals surface area contributed by atoms with E-state index in [0.29, 0.717) is 11.6 Å². The van der Waals surface area contributed by atoms with E-state index in [1.807, 2.05) is 49.5 Å². The highest BCUT2D eigenvalue weighted by molar-refractivity contribution is 6.30. The van der Waals surface area contributed by atoms with Crippen LogP contribution in [0.1, 0.15) is 21.6 Å². The Morgan fingerprint density at radius 3 is 2.43 bits per heavy atom. The molecule has 0 atom stereocenters. The van der Waals surface area contributed by atoms with Crippen molar-refractivity contribution in [3.05, 3.63) is 89.0 Å². The average molecular weight is 393 g/mol. The maximum absolute atomic E-state index is 12.4. The first-order valence-corrected chi connectivity index (χ1v) is 9.03. The number of nitrogens with one attached hydrogen (secondary N) is 1. The van der Waals surface area contributed by atoms with Crippen molar-refractivity contribution in [2.24, 2.45) is 0 Å². The Morgan fingerprint density at radius 1 is 1.00 bits per heavy atom. The van der Waals surface area contributed by atoms with Crippen LogP contribution in [0, 0.1) is 6.92 Å². The van der Waals surface area contributed by atoms with Crippen LogP contribution in [0.4, 0.5) is 0 Å². The fourth-order valence-corrected chi connectivity index (χ4v) is 2.78. The summed E-state index contributed by atoms with van der Waals surface area (Å²) in [7, 11) is 0. The minimum atomic E-state index is -0.294. The Labute approximate surface area is 166 Å². The number of aromatic nitrogens is 5. The molecule has 0 saturated heterocycles. The van der Waals surface area contributed by atoms with E-state index >= 15 is 0 Å². The Morgan fingerprint density at radius 2 is 1.68 bits per heavy atom. The van der Waals surface area contributed by atoms with Crippen molar-refractivity contribution >= 4 is 17.5 Å². The number of hydrogen-bond acceptors (Lipinski definition) is 4. The molecule has 7 nitrogen and oxygen atoms in total. The molecule has 1 amide bonds. The summed E-state index contributed by atoms with van der Waals surface area (Å²) < 4.78 is 3.30. The van der Waals surface area contributed by atoms with Crippen LogP contribution in [0.15, 0.2) is 67.1 Å². The van der Waals surface area contributed by atoms with Crippen LogP contribution in [-0.4, -0.2) is 30.7 Å². The first-order valence-electron chi connectivity index (χ1n) is 8.65. The van der Waals surface area contributed by atoms with Gasteiger partial charge in [-0.1, -0.05) is 34.5 Å². The fraction of sp³-hybridized carbons (Fsp3) is 0.100. The third-order valence-corrected chi connectivity index (χ3v) is 4.46. The van der Waals surface area contributed by atoms with Gasteiger partial charge in [0.15, 0.2) is 5.69 Å². The van der Waals surface area contributed by atoms with E-state index in [1.165, 1.54) is 0 Å². The molecule has 0 saturated carbocycles. The van der Waals surface area contributed by atoms with E-state index in [0.717, 1.165) is 22.5 Å². The zero-order valence-electron chi connectivity index (χ0n) is 15.1.